The molecule has 0 atom stereocenters. The Balaban J connectivity index is 1.41. The lowest BCUT2D eigenvalue weighted by Crippen LogP contribution is -1.98. The number of rotatable bonds is 7. The van der Waals surface area contributed by atoms with Gasteiger partial charge in [0.05, 0.1) is 5.56 Å². The minimum Gasteiger partial charge on any atom is -0.454 e. The molecule has 0 saturated heterocycles. The topological polar surface area (TPSA) is 83.7 Å². The maximum Gasteiger partial charge on any atom is 0.168 e. The molecule has 0 spiro atoms. The van der Waals surface area contributed by atoms with Gasteiger partial charge in [-0.05, 0) is 43.3 Å². The quantitative estimate of drug-likeness (QED) is 0.308. The van der Waals surface area contributed by atoms with E-state index in [0.29, 0.717) is 29.0 Å². The molecule has 5 rings (SSSR count). The number of fused-ring (bicyclic) bond motifs is 1. The van der Waals surface area contributed by atoms with Crippen molar-refractivity contribution in [1.29, 1.82) is 0 Å². The molecule has 0 radical (unpaired) electrons. The highest BCUT2D eigenvalue weighted by Crippen LogP contribution is 2.35. The average Bonchev–Trinajstić information content (AvgIpc) is 3.48. The third kappa shape index (κ3) is 4.17. The summed E-state index contributed by atoms with van der Waals surface area (Å²) in [6.07, 6.45) is 4.84. The van der Waals surface area contributed by atoms with E-state index < -0.39 is 11.6 Å². The van der Waals surface area contributed by atoms with Crippen LogP contribution in [-0.4, -0.2) is 26.2 Å². The Labute approximate surface area is 193 Å². The number of nitrogens with zero attached hydrogens (tertiary/aromatic N) is 2. The summed E-state index contributed by atoms with van der Waals surface area (Å²) in [5.74, 6) is -0.304. The Morgan fingerprint density at radius 3 is 2.76 bits per heavy atom. The number of H-pyrrole nitrogens is 2. The number of aromatic amines is 2. The maximum absolute atomic E-state index is 14.7. The summed E-state index contributed by atoms with van der Waals surface area (Å²) in [7, 11) is 0. The second-order valence-corrected chi connectivity index (χ2v) is 7.92. The number of aryl methyl sites for hydroxylation is 1. The summed E-state index contributed by atoms with van der Waals surface area (Å²) >= 11 is 0. The van der Waals surface area contributed by atoms with E-state index in [1.807, 2.05) is 18.2 Å². The molecular weight excluding hydrogens is 438 g/mol. The van der Waals surface area contributed by atoms with Crippen molar-refractivity contribution >= 4 is 17.2 Å². The van der Waals surface area contributed by atoms with E-state index in [1.165, 1.54) is 24.3 Å². The summed E-state index contributed by atoms with van der Waals surface area (Å²) < 4.78 is 35.2. The molecule has 2 aromatic carbocycles. The minimum atomic E-state index is -0.511. The van der Waals surface area contributed by atoms with Crippen LogP contribution in [0.5, 0.6) is 11.5 Å². The first-order valence-corrected chi connectivity index (χ1v) is 10.7. The van der Waals surface area contributed by atoms with Gasteiger partial charge in [0, 0.05) is 64.8 Å². The number of pyridine rings is 1. The number of carbonyl (C=O) groups is 1. The second kappa shape index (κ2) is 8.90. The first-order chi connectivity index (χ1) is 16.5. The number of halogens is 2. The molecule has 0 amide bonds. The van der Waals surface area contributed by atoms with Crippen LogP contribution in [0.3, 0.4) is 0 Å². The van der Waals surface area contributed by atoms with Gasteiger partial charge in [0.2, 0.25) is 0 Å². The van der Waals surface area contributed by atoms with Gasteiger partial charge in [0.1, 0.15) is 23.7 Å². The summed E-state index contributed by atoms with van der Waals surface area (Å²) in [4.78, 5) is 25.6. The molecule has 0 fully saturated rings. The Morgan fingerprint density at radius 2 is 1.91 bits per heavy atom. The van der Waals surface area contributed by atoms with E-state index in [-0.39, 0.29) is 23.5 Å². The number of imidazole rings is 1. The zero-order valence-corrected chi connectivity index (χ0v) is 18.2. The number of hydrogen-bond donors (Lipinski definition) is 2. The van der Waals surface area contributed by atoms with Crippen LogP contribution < -0.4 is 4.74 Å². The predicted octanol–water partition coefficient (Wildman–Crippen LogP) is 5.66. The predicted molar refractivity (Wildman–Crippen MR) is 124 cm³/mol. The van der Waals surface area contributed by atoms with Crippen molar-refractivity contribution in [2.24, 2.45) is 0 Å². The molecule has 6 nitrogen and oxygen atoms in total. The first kappa shape index (κ1) is 21.5. The molecule has 0 aliphatic heterocycles. The van der Waals surface area contributed by atoms with Gasteiger partial charge < -0.3 is 19.5 Å². The fraction of sp³-hybridized carbons (Fsp3) is 0.115. The van der Waals surface area contributed by atoms with Crippen molar-refractivity contribution < 1.29 is 18.3 Å². The highest BCUT2D eigenvalue weighted by molar-refractivity contribution is 5.85. The number of ether oxygens (including phenoxy) is 1. The molecule has 3 heterocycles. The van der Waals surface area contributed by atoms with E-state index in [2.05, 4.69) is 19.9 Å². The van der Waals surface area contributed by atoms with E-state index in [0.717, 1.165) is 23.1 Å². The van der Waals surface area contributed by atoms with Gasteiger partial charge in [0.15, 0.2) is 11.6 Å². The van der Waals surface area contributed by atoms with E-state index in [4.69, 9.17) is 4.74 Å². The Hall–Kier alpha value is -4.33. The van der Waals surface area contributed by atoms with Gasteiger partial charge in [-0.15, -0.1) is 0 Å². The molecule has 34 heavy (non-hydrogen) atoms. The average molecular weight is 458 g/mol. The zero-order chi connectivity index (χ0) is 23.7. The van der Waals surface area contributed by atoms with E-state index in [1.54, 1.807) is 25.4 Å². The molecule has 170 valence electrons. The van der Waals surface area contributed by atoms with E-state index >= 15 is 0 Å². The summed E-state index contributed by atoms with van der Waals surface area (Å²) in [5.41, 5.74) is 3.70. The van der Waals surface area contributed by atoms with Crippen LogP contribution >= 0.6 is 0 Å². The SMILES string of the molecule is Cc1c(Oc2ccc(F)c(-c3ncc(Cc4cccc(CC=O)n4)[nH]3)c2)c(F)cc2[nH]ccc12. The highest BCUT2D eigenvalue weighted by Gasteiger charge is 2.16. The molecule has 0 unspecified atom stereocenters. The van der Waals surface area contributed by atoms with Crippen molar-refractivity contribution in [2.45, 2.75) is 19.8 Å². The third-order valence-electron chi connectivity index (χ3n) is 5.58. The molecule has 0 aliphatic rings. The van der Waals surface area contributed by atoms with Crippen molar-refractivity contribution in [1.82, 2.24) is 19.9 Å². The lowest BCUT2D eigenvalue weighted by atomic mass is 10.1. The Kier molecular flexibility index (Phi) is 5.63. The van der Waals surface area contributed by atoms with Crippen molar-refractivity contribution in [3.05, 3.63) is 95.2 Å². The maximum atomic E-state index is 14.7. The van der Waals surface area contributed by atoms with Crippen LogP contribution in [0.4, 0.5) is 8.78 Å². The van der Waals surface area contributed by atoms with Gasteiger partial charge in [-0.1, -0.05) is 6.07 Å². The number of hydrogen-bond acceptors (Lipinski definition) is 4. The Bertz CT molecular complexity index is 1510. The summed E-state index contributed by atoms with van der Waals surface area (Å²) in [6, 6.07) is 12.9. The third-order valence-corrected chi connectivity index (χ3v) is 5.58. The second-order valence-electron chi connectivity index (χ2n) is 7.92. The lowest BCUT2D eigenvalue weighted by Gasteiger charge is -2.12. The van der Waals surface area contributed by atoms with Crippen LogP contribution in [0.25, 0.3) is 22.3 Å². The largest absolute Gasteiger partial charge is 0.454 e. The zero-order valence-electron chi connectivity index (χ0n) is 18.2. The van der Waals surface area contributed by atoms with Crippen LogP contribution in [-0.2, 0) is 17.6 Å². The number of aromatic nitrogens is 4. The monoisotopic (exact) mass is 458 g/mol. The number of benzene rings is 2. The minimum absolute atomic E-state index is 0.0890. The van der Waals surface area contributed by atoms with Crippen molar-refractivity contribution in [2.75, 3.05) is 0 Å². The molecule has 0 bridgehead atoms. The van der Waals surface area contributed by atoms with Crippen LogP contribution in [0.1, 0.15) is 22.6 Å². The van der Waals surface area contributed by atoms with Gasteiger partial charge in [0.25, 0.3) is 0 Å². The molecule has 2 N–H and O–H groups in total. The number of aldehydes is 1. The van der Waals surface area contributed by atoms with Crippen molar-refractivity contribution in [3.63, 3.8) is 0 Å². The Morgan fingerprint density at radius 1 is 1.06 bits per heavy atom. The fourth-order valence-corrected chi connectivity index (χ4v) is 3.92. The standard InChI is InChI=1S/C26H20F2N4O2/c1-15-20-7-9-29-24(20)13-23(28)25(15)34-19-5-6-22(27)21(12-19)26-30-14-18(32-26)11-17-4-2-3-16(31-17)8-10-33/h2-7,9-10,12-14,29H,8,11H2,1H3,(H,30,32). The summed E-state index contributed by atoms with van der Waals surface area (Å²) in [6.45, 7) is 1.77. The molecule has 5 aromatic rings. The van der Waals surface area contributed by atoms with Crippen LogP contribution in [0.15, 0.2) is 60.9 Å². The molecule has 3 aromatic heterocycles. The summed E-state index contributed by atoms with van der Waals surface area (Å²) in [5, 5.41) is 0.847. The smallest absolute Gasteiger partial charge is 0.168 e. The number of carbonyl (C=O) groups excluding carboxylic acids is 1. The molecular formula is C26H20F2N4O2. The molecule has 8 heteroatoms. The number of nitrogens with one attached hydrogen (secondary N) is 2. The van der Waals surface area contributed by atoms with E-state index in [9.17, 15) is 13.6 Å². The molecule has 0 saturated carbocycles. The molecule has 0 aliphatic carbocycles. The highest BCUT2D eigenvalue weighted by atomic mass is 19.1. The first-order valence-electron chi connectivity index (χ1n) is 10.7. The van der Waals surface area contributed by atoms with Crippen molar-refractivity contribution in [3.8, 4) is 22.9 Å². The van der Waals surface area contributed by atoms with Gasteiger partial charge in [-0.25, -0.2) is 13.8 Å². The van der Waals surface area contributed by atoms with Crippen LogP contribution in [0, 0.1) is 18.6 Å². The lowest BCUT2D eigenvalue weighted by molar-refractivity contribution is -0.107. The van der Waals surface area contributed by atoms with Gasteiger partial charge >= 0.3 is 0 Å². The van der Waals surface area contributed by atoms with Crippen LogP contribution in [0.2, 0.25) is 0 Å². The normalized spacial score (nSPS) is 11.1. The van der Waals surface area contributed by atoms with Gasteiger partial charge in [-0.3, -0.25) is 4.98 Å². The fourth-order valence-electron chi connectivity index (χ4n) is 3.92. The van der Waals surface area contributed by atoms with Gasteiger partial charge in [-0.2, -0.15) is 0 Å².